The predicted molar refractivity (Wildman–Crippen MR) is 83.5 cm³/mol. The molecular weight excluding hydrogens is 298 g/mol. The fourth-order valence-corrected chi connectivity index (χ4v) is 4.62. The van der Waals surface area contributed by atoms with E-state index >= 15 is 0 Å². The molecule has 0 fully saturated rings. The number of carbonyl (C=O) groups excluding carboxylic acids is 1. The predicted octanol–water partition coefficient (Wildman–Crippen LogP) is 4.00. The van der Waals surface area contributed by atoms with E-state index in [1.807, 2.05) is 11.8 Å². The minimum atomic E-state index is 0.0126. The Hall–Kier alpha value is -0.970. The lowest BCUT2D eigenvalue weighted by Gasteiger charge is -2.12. The standard InChI is InChI=1S/C14H12ClNOS2/c15-9-3-1-8(2-4-9)13(17)12-10-5-6-18-7-11(10)19-14(12)16/h1-4H,5-7,16H2. The number of anilines is 1. The Morgan fingerprint density at radius 2 is 2.00 bits per heavy atom. The molecule has 1 aromatic carbocycles. The van der Waals surface area contributed by atoms with Crippen molar-refractivity contribution in [1.29, 1.82) is 0 Å². The highest BCUT2D eigenvalue weighted by Crippen LogP contribution is 2.38. The van der Waals surface area contributed by atoms with E-state index in [1.165, 1.54) is 4.88 Å². The lowest BCUT2D eigenvalue weighted by molar-refractivity contribution is 0.103. The molecule has 0 radical (unpaired) electrons. The molecule has 2 heterocycles. The van der Waals surface area contributed by atoms with Crippen molar-refractivity contribution < 1.29 is 4.79 Å². The van der Waals surface area contributed by atoms with Crippen LogP contribution in [-0.2, 0) is 12.2 Å². The highest BCUT2D eigenvalue weighted by atomic mass is 35.5. The highest BCUT2D eigenvalue weighted by Gasteiger charge is 2.24. The number of hydrogen-bond donors (Lipinski definition) is 1. The van der Waals surface area contributed by atoms with Crippen LogP contribution in [0.5, 0.6) is 0 Å². The van der Waals surface area contributed by atoms with E-state index in [-0.39, 0.29) is 5.78 Å². The van der Waals surface area contributed by atoms with Gasteiger partial charge < -0.3 is 5.73 Å². The van der Waals surface area contributed by atoms with Crippen LogP contribution in [0.25, 0.3) is 0 Å². The number of carbonyl (C=O) groups is 1. The summed E-state index contributed by atoms with van der Waals surface area (Å²) in [6, 6.07) is 6.98. The van der Waals surface area contributed by atoms with E-state index < -0.39 is 0 Å². The number of hydrogen-bond acceptors (Lipinski definition) is 4. The van der Waals surface area contributed by atoms with Crippen molar-refractivity contribution in [2.45, 2.75) is 12.2 Å². The maximum Gasteiger partial charge on any atom is 0.196 e. The van der Waals surface area contributed by atoms with Crippen molar-refractivity contribution >= 4 is 45.5 Å². The molecule has 1 aliphatic heterocycles. The van der Waals surface area contributed by atoms with Gasteiger partial charge in [-0.05, 0) is 42.0 Å². The number of thioether (sulfide) groups is 1. The number of nitrogen functional groups attached to an aromatic ring is 1. The maximum absolute atomic E-state index is 12.6. The van der Waals surface area contributed by atoms with Gasteiger partial charge in [-0.15, -0.1) is 11.3 Å². The van der Waals surface area contributed by atoms with E-state index in [2.05, 4.69) is 0 Å². The summed E-state index contributed by atoms with van der Waals surface area (Å²) in [6.45, 7) is 0. The summed E-state index contributed by atoms with van der Waals surface area (Å²) in [5.41, 5.74) is 8.56. The zero-order chi connectivity index (χ0) is 13.4. The number of halogens is 1. The van der Waals surface area contributed by atoms with Crippen LogP contribution in [0, 0.1) is 0 Å². The van der Waals surface area contributed by atoms with Gasteiger partial charge in [0.05, 0.1) is 10.6 Å². The molecule has 5 heteroatoms. The first kappa shape index (κ1) is 13.0. The zero-order valence-corrected chi connectivity index (χ0v) is 12.5. The lowest BCUT2D eigenvalue weighted by Crippen LogP contribution is -2.09. The first-order valence-corrected chi connectivity index (χ1v) is 8.30. The summed E-state index contributed by atoms with van der Waals surface area (Å²) in [7, 11) is 0. The van der Waals surface area contributed by atoms with Crippen molar-refractivity contribution in [3.8, 4) is 0 Å². The normalized spacial score (nSPS) is 14.2. The van der Waals surface area contributed by atoms with E-state index in [9.17, 15) is 4.79 Å². The minimum Gasteiger partial charge on any atom is -0.390 e. The molecule has 2 aromatic rings. The maximum atomic E-state index is 12.6. The highest BCUT2D eigenvalue weighted by molar-refractivity contribution is 7.98. The number of rotatable bonds is 2. The smallest absolute Gasteiger partial charge is 0.196 e. The van der Waals surface area contributed by atoms with Crippen LogP contribution in [0.3, 0.4) is 0 Å². The molecule has 0 aliphatic carbocycles. The van der Waals surface area contributed by atoms with Crippen molar-refractivity contribution in [2.75, 3.05) is 11.5 Å². The molecule has 0 saturated carbocycles. The van der Waals surface area contributed by atoms with E-state index in [0.717, 1.165) is 23.5 Å². The van der Waals surface area contributed by atoms with Gasteiger partial charge in [0.2, 0.25) is 0 Å². The minimum absolute atomic E-state index is 0.0126. The van der Waals surface area contributed by atoms with Gasteiger partial charge in [0.15, 0.2) is 5.78 Å². The molecule has 0 unspecified atom stereocenters. The summed E-state index contributed by atoms with van der Waals surface area (Å²) < 4.78 is 0. The second kappa shape index (κ2) is 5.19. The molecule has 3 rings (SSSR count). The molecule has 0 atom stereocenters. The third-order valence-electron chi connectivity index (χ3n) is 3.18. The Labute approximate surface area is 125 Å². The van der Waals surface area contributed by atoms with Gasteiger partial charge in [0.25, 0.3) is 0 Å². The van der Waals surface area contributed by atoms with E-state index in [4.69, 9.17) is 17.3 Å². The fraction of sp³-hybridized carbons (Fsp3) is 0.214. The van der Waals surface area contributed by atoms with Gasteiger partial charge in [-0.2, -0.15) is 11.8 Å². The van der Waals surface area contributed by atoms with Gasteiger partial charge in [-0.3, -0.25) is 4.79 Å². The van der Waals surface area contributed by atoms with Crippen LogP contribution in [0.15, 0.2) is 24.3 Å². The third kappa shape index (κ3) is 2.40. The molecule has 0 bridgehead atoms. The average Bonchev–Trinajstić information content (AvgIpc) is 2.74. The van der Waals surface area contributed by atoms with Crippen LogP contribution in [0.4, 0.5) is 5.00 Å². The molecule has 19 heavy (non-hydrogen) atoms. The SMILES string of the molecule is Nc1sc2c(c1C(=O)c1ccc(Cl)cc1)CCSC2. The Balaban J connectivity index is 2.04. The molecule has 0 spiro atoms. The molecule has 98 valence electrons. The van der Waals surface area contributed by atoms with Crippen molar-refractivity contribution in [3.63, 3.8) is 0 Å². The first-order valence-electron chi connectivity index (χ1n) is 5.95. The van der Waals surface area contributed by atoms with Gasteiger partial charge in [0, 0.05) is 21.2 Å². The molecule has 2 nitrogen and oxygen atoms in total. The Morgan fingerprint density at radius 3 is 2.74 bits per heavy atom. The number of fused-ring (bicyclic) bond motifs is 1. The van der Waals surface area contributed by atoms with Crippen LogP contribution >= 0.6 is 34.7 Å². The van der Waals surface area contributed by atoms with Gasteiger partial charge in [0.1, 0.15) is 0 Å². The summed E-state index contributed by atoms with van der Waals surface area (Å²) in [6.07, 6.45) is 0.933. The number of benzene rings is 1. The van der Waals surface area contributed by atoms with Crippen LogP contribution in [0.1, 0.15) is 26.4 Å². The molecule has 1 aromatic heterocycles. The Morgan fingerprint density at radius 1 is 1.26 bits per heavy atom. The molecular formula is C14H12ClNOS2. The average molecular weight is 310 g/mol. The van der Waals surface area contributed by atoms with Crippen LogP contribution in [0.2, 0.25) is 5.02 Å². The topological polar surface area (TPSA) is 43.1 Å². The second-order valence-electron chi connectivity index (χ2n) is 4.38. The number of nitrogens with two attached hydrogens (primary N) is 1. The largest absolute Gasteiger partial charge is 0.390 e. The third-order valence-corrected chi connectivity index (χ3v) is 5.66. The van der Waals surface area contributed by atoms with Crippen molar-refractivity contribution in [3.05, 3.63) is 50.9 Å². The summed E-state index contributed by atoms with van der Waals surface area (Å²) in [5.74, 6) is 2.04. The molecule has 1 aliphatic rings. The Bertz CT molecular complexity index is 634. The summed E-state index contributed by atoms with van der Waals surface area (Å²) >= 11 is 9.30. The zero-order valence-electron chi connectivity index (χ0n) is 10.1. The van der Waals surface area contributed by atoms with Crippen molar-refractivity contribution in [1.82, 2.24) is 0 Å². The monoisotopic (exact) mass is 309 g/mol. The van der Waals surface area contributed by atoms with Crippen LogP contribution < -0.4 is 5.73 Å². The lowest BCUT2D eigenvalue weighted by atomic mass is 9.99. The molecule has 0 saturated heterocycles. The van der Waals surface area contributed by atoms with Crippen LogP contribution in [-0.4, -0.2) is 11.5 Å². The molecule has 2 N–H and O–H groups in total. The fourth-order valence-electron chi connectivity index (χ4n) is 2.25. The number of thiophene rings is 1. The van der Waals surface area contributed by atoms with E-state index in [1.54, 1.807) is 35.6 Å². The second-order valence-corrected chi connectivity index (χ2v) is 7.06. The molecule has 0 amide bonds. The quantitative estimate of drug-likeness (QED) is 0.853. The van der Waals surface area contributed by atoms with Gasteiger partial charge in [-0.25, -0.2) is 0 Å². The first-order chi connectivity index (χ1) is 9.16. The summed E-state index contributed by atoms with van der Waals surface area (Å²) in [4.78, 5) is 13.8. The number of ketones is 1. The van der Waals surface area contributed by atoms with Gasteiger partial charge >= 0.3 is 0 Å². The van der Waals surface area contributed by atoms with Crippen molar-refractivity contribution in [2.24, 2.45) is 0 Å². The Kier molecular flexibility index (Phi) is 3.56. The van der Waals surface area contributed by atoms with E-state index in [0.29, 0.717) is 21.2 Å². The summed E-state index contributed by atoms with van der Waals surface area (Å²) in [5, 5.41) is 1.28. The van der Waals surface area contributed by atoms with Gasteiger partial charge in [-0.1, -0.05) is 11.6 Å².